The SMILES string of the molecule is C=C(F)C(=O)Nc1cc(Nc2nccc(-c3cn(C)c4ccccc34)n2)c(OC)cc1N1CC[C@H](N(C)C)C1. The summed E-state index contributed by atoms with van der Waals surface area (Å²) in [6.07, 6.45) is 4.70. The highest BCUT2D eigenvalue weighted by Crippen LogP contribution is 2.40. The molecule has 9 nitrogen and oxygen atoms in total. The Morgan fingerprint density at radius 2 is 2.00 bits per heavy atom. The van der Waals surface area contributed by atoms with Crippen LogP contribution in [0, 0.1) is 0 Å². The zero-order valence-corrected chi connectivity index (χ0v) is 22.5. The molecule has 1 fully saturated rings. The highest BCUT2D eigenvalue weighted by Gasteiger charge is 2.27. The van der Waals surface area contributed by atoms with Crippen LogP contribution < -0.4 is 20.3 Å². The molecule has 10 heteroatoms. The molecule has 39 heavy (non-hydrogen) atoms. The number of aromatic nitrogens is 3. The number of aryl methyl sites for hydroxylation is 1. The fraction of sp³-hybridized carbons (Fsp3) is 0.276. The molecule has 2 aromatic heterocycles. The van der Waals surface area contributed by atoms with Gasteiger partial charge in [0.2, 0.25) is 5.95 Å². The number of carbonyl (C=O) groups is 1. The molecule has 2 aromatic carbocycles. The summed E-state index contributed by atoms with van der Waals surface area (Å²) in [6.45, 7) is 4.69. The number of nitrogens with one attached hydrogen (secondary N) is 2. The van der Waals surface area contributed by atoms with Gasteiger partial charge in [0.05, 0.1) is 29.9 Å². The Labute approximate surface area is 226 Å². The molecule has 5 rings (SSSR count). The van der Waals surface area contributed by atoms with Gasteiger partial charge in [-0.15, -0.1) is 0 Å². The second kappa shape index (κ2) is 10.7. The van der Waals surface area contributed by atoms with Gasteiger partial charge >= 0.3 is 0 Å². The smallest absolute Gasteiger partial charge is 0.283 e. The molecule has 0 radical (unpaired) electrons. The summed E-state index contributed by atoms with van der Waals surface area (Å²) in [5.74, 6) is -1.07. The van der Waals surface area contributed by atoms with E-state index in [9.17, 15) is 9.18 Å². The highest BCUT2D eigenvalue weighted by atomic mass is 19.1. The third kappa shape index (κ3) is 5.28. The fourth-order valence-corrected chi connectivity index (χ4v) is 5.00. The lowest BCUT2D eigenvalue weighted by Crippen LogP contribution is -2.31. The Kier molecular flexibility index (Phi) is 7.21. The van der Waals surface area contributed by atoms with Gasteiger partial charge in [0.25, 0.3) is 5.91 Å². The lowest BCUT2D eigenvalue weighted by molar-refractivity contribution is -0.114. The number of halogens is 1. The number of likely N-dealkylation sites (N-methyl/N-ethyl adjacent to an activating group) is 1. The predicted molar refractivity (Wildman–Crippen MR) is 153 cm³/mol. The average molecular weight is 530 g/mol. The molecular weight excluding hydrogens is 497 g/mol. The number of ether oxygens (including phenoxy) is 1. The molecule has 4 aromatic rings. The van der Waals surface area contributed by atoms with Crippen LogP contribution in [0.1, 0.15) is 6.42 Å². The quantitative estimate of drug-likeness (QED) is 0.312. The van der Waals surface area contributed by atoms with Crippen LogP contribution in [-0.4, -0.2) is 65.7 Å². The van der Waals surface area contributed by atoms with Crippen LogP contribution >= 0.6 is 0 Å². The van der Waals surface area contributed by atoms with Crippen molar-refractivity contribution in [1.82, 2.24) is 19.4 Å². The Bertz CT molecular complexity index is 1550. The first kappa shape index (κ1) is 26.2. The summed E-state index contributed by atoms with van der Waals surface area (Å²) in [5, 5.41) is 6.98. The molecule has 0 saturated carbocycles. The standard InChI is InChI=1S/C29H32FN7O2/c1-18(30)28(38)32-23-14-24(27(39-5)15-26(23)37-13-11-19(16-37)35(2)3)34-29-31-12-10-22(33-29)21-17-36(4)25-9-7-6-8-20(21)25/h6-10,12,14-15,17,19H,1,11,13,16H2,2-5H3,(H,32,38)(H,31,33,34)/t19-/m0/s1. The number of hydrogen-bond donors (Lipinski definition) is 2. The summed E-state index contributed by atoms with van der Waals surface area (Å²) in [6, 6.07) is 13.9. The van der Waals surface area contributed by atoms with Crippen molar-refractivity contribution in [2.45, 2.75) is 12.5 Å². The van der Waals surface area contributed by atoms with E-state index in [4.69, 9.17) is 9.72 Å². The maximum Gasteiger partial charge on any atom is 0.283 e. The van der Waals surface area contributed by atoms with Gasteiger partial charge in [0, 0.05) is 61.1 Å². The van der Waals surface area contributed by atoms with E-state index < -0.39 is 11.7 Å². The second-order valence-electron chi connectivity index (χ2n) is 9.84. The summed E-state index contributed by atoms with van der Waals surface area (Å²) < 4.78 is 21.5. The summed E-state index contributed by atoms with van der Waals surface area (Å²) >= 11 is 0. The van der Waals surface area contributed by atoms with Crippen LogP contribution in [0.25, 0.3) is 22.2 Å². The van der Waals surface area contributed by atoms with E-state index in [0.29, 0.717) is 29.1 Å². The zero-order valence-electron chi connectivity index (χ0n) is 22.5. The van der Waals surface area contributed by atoms with Gasteiger partial charge in [0.1, 0.15) is 5.75 Å². The Morgan fingerprint density at radius 1 is 1.21 bits per heavy atom. The normalized spacial score (nSPS) is 15.1. The first-order chi connectivity index (χ1) is 18.7. The van der Waals surface area contributed by atoms with E-state index in [2.05, 4.69) is 48.7 Å². The van der Waals surface area contributed by atoms with E-state index in [-0.39, 0.29) is 0 Å². The second-order valence-corrected chi connectivity index (χ2v) is 9.84. The van der Waals surface area contributed by atoms with Gasteiger partial charge in [-0.1, -0.05) is 24.8 Å². The number of carbonyl (C=O) groups excluding carboxylic acids is 1. The van der Waals surface area contributed by atoms with E-state index in [1.54, 1.807) is 19.4 Å². The van der Waals surface area contributed by atoms with Gasteiger partial charge in [-0.3, -0.25) is 4.79 Å². The first-order valence-corrected chi connectivity index (χ1v) is 12.7. The molecule has 1 aliphatic rings. The van der Waals surface area contributed by atoms with E-state index in [1.807, 2.05) is 51.6 Å². The monoisotopic (exact) mass is 529 g/mol. The molecule has 0 bridgehead atoms. The molecule has 1 saturated heterocycles. The van der Waals surface area contributed by atoms with Crippen LogP contribution in [-0.2, 0) is 11.8 Å². The van der Waals surface area contributed by atoms with Crippen molar-refractivity contribution in [3.05, 3.63) is 67.3 Å². The fourth-order valence-electron chi connectivity index (χ4n) is 5.00. The number of methoxy groups -OCH3 is 1. The molecule has 0 unspecified atom stereocenters. The van der Waals surface area contributed by atoms with Gasteiger partial charge in [-0.25, -0.2) is 14.4 Å². The van der Waals surface area contributed by atoms with Crippen LogP contribution in [0.5, 0.6) is 5.75 Å². The molecule has 0 spiro atoms. The van der Waals surface area contributed by atoms with E-state index in [1.165, 1.54) is 0 Å². The third-order valence-electron chi connectivity index (χ3n) is 7.12. The summed E-state index contributed by atoms with van der Waals surface area (Å²) in [7, 11) is 7.67. The third-order valence-corrected chi connectivity index (χ3v) is 7.12. The highest BCUT2D eigenvalue weighted by molar-refractivity contribution is 6.04. The van der Waals surface area contributed by atoms with Crippen molar-refractivity contribution in [2.75, 3.05) is 49.8 Å². The number of benzene rings is 2. The van der Waals surface area contributed by atoms with Crippen molar-refractivity contribution in [1.29, 1.82) is 0 Å². The number of rotatable bonds is 8. The number of fused-ring (bicyclic) bond motifs is 1. The van der Waals surface area contributed by atoms with Crippen molar-refractivity contribution in [3.8, 4) is 17.0 Å². The maximum atomic E-state index is 13.7. The lowest BCUT2D eigenvalue weighted by atomic mass is 10.1. The maximum absolute atomic E-state index is 13.7. The number of anilines is 4. The summed E-state index contributed by atoms with van der Waals surface area (Å²) in [4.78, 5) is 25.8. The van der Waals surface area contributed by atoms with Gasteiger partial charge in [0.15, 0.2) is 5.83 Å². The average Bonchev–Trinajstić information content (AvgIpc) is 3.55. The van der Waals surface area contributed by atoms with Crippen LogP contribution in [0.15, 0.2) is 67.3 Å². The van der Waals surface area contributed by atoms with E-state index >= 15 is 0 Å². The van der Waals surface area contributed by atoms with Gasteiger partial charge < -0.3 is 29.7 Å². The number of amides is 1. The number of nitrogens with zero attached hydrogens (tertiary/aromatic N) is 5. The van der Waals surface area contributed by atoms with Crippen molar-refractivity contribution < 1.29 is 13.9 Å². The Morgan fingerprint density at radius 3 is 2.72 bits per heavy atom. The van der Waals surface area contributed by atoms with Crippen molar-refractivity contribution in [2.24, 2.45) is 7.05 Å². The number of hydrogen-bond acceptors (Lipinski definition) is 7. The summed E-state index contributed by atoms with van der Waals surface area (Å²) in [5.41, 5.74) is 4.55. The molecule has 1 aliphatic heterocycles. The van der Waals surface area contributed by atoms with Crippen molar-refractivity contribution in [3.63, 3.8) is 0 Å². The molecule has 1 amide bonds. The minimum Gasteiger partial charge on any atom is -0.494 e. The molecule has 202 valence electrons. The van der Waals surface area contributed by atoms with Gasteiger partial charge in [-0.05, 0) is 38.7 Å². The molecule has 2 N–H and O–H groups in total. The zero-order chi connectivity index (χ0) is 27.7. The molecular formula is C29H32FN7O2. The molecule has 3 heterocycles. The Balaban J connectivity index is 1.51. The number of para-hydroxylation sites is 1. The topological polar surface area (TPSA) is 87.5 Å². The molecule has 1 atom stereocenters. The van der Waals surface area contributed by atoms with E-state index in [0.717, 1.165) is 47.4 Å². The van der Waals surface area contributed by atoms with Crippen LogP contribution in [0.4, 0.5) is 27.4 Å². The van der Waals surface area contributed by atoms with Crippen molar-refractivity contribution >= 4 is 39.8 Å². The van der Waals surface area contributed by atoms with Crippen LogP contribution in [0.3, 0.4) is 0 Å². The van der Waals surface area contributed by atoms with Gasteiger partial charge in [-0.2, -0.15) is 0 Å². The largest absolute Gasteiger partial charge is 0.494 e. The molecule has 0 aliphatic carbocycles. The lowest BCUT2D eigenvalue weighted by Gasteiger charge is -2.25. The first-order valence-electron chi connectivity index (χ1n) is 12.7. The minimum absolute atomic E-state index is 0.354. The minimum atomic E-state index is -1.06. The van der Waals surface area contributed by atoms with Crippen LogP contribution in [0.2, 0.25) is 0 Å². The predicted octanol–water partition coefficient (Wildman–Crippen LogP) is 4.95. The Hall–Kier alpha value is -4.44.